The molecular weight excluding hydrogens is 220 g/mol. The molecule has 0 fully saturated rings. The lowest BCUT2D eigenvalue weighted by Crippen LogP contribution is -2.11. The van der Waals surface area contributed by atoms with Crippen molar-refractivity contribution in [2.45, 2.75) is 26.4 Å². The molecule has 0 saturated carbocycles. The zero-order valence-corrected chi connectivity index (χ0v) is 9.84. The van der Waals surface area contributed by atoms with E-state index in [1.807, 2.05) is 0 Å². The molecule has 17 heavy (non-hydrogen) atoms. The molecule has 0 spiro atoms. The van der Waals surface area contributed by atoms with Crippen molar-refractivity contribution in [3.05, 3.63) is 35.4 Å². The van der Waals surface area contributed by atoms with Gasteiger partial charge in [-0.2, -0.15) is 0 Å². The quantitative estimate of drug-likeness (QED) is 0.551. The summed E-state index contributed by atoms with van der Waals surface area (Å²) in [7, 11) is 0. The van der Waals surface area contributed by atoms with Gasteiger partial charge in [-0.3, -0.25) is 4.79 Å². The first kappa shape index (κ1) is 13.3. The molecule has 0 heterocycles. The second-order valence-electron chi connectivity index (χ2n) is 3.88. The minimum absolute atomic E-state index is 0.0620. The van der Waals surface area contributed by atoms with E-state index in [-0.39, 0.29) is 29.3 Å². The number of aliphatic hydroxyl groups excluding tert-OH is 1. The van der Waals surface area contributed by atoms with Gasteiger partial charge in [0.2, 0.25) is 0 Å². The second kappa shape index (κ2) is 5.50. The Kier molecular flexibility index (Phi) is 4.29. The number of hydrogen-bond acceptors (Lipinski definition) is 4. The normalized spacial score (nSPS) is 12.9. The fourth-order valence-electron chi connectivity index (χ4n) is 1.50. The number of benzene rings is 1. The Morgan fingerprint density at radius 2 is 2.00 bits per heavy atom. The Labute approximate surface area is 99.8 Å². The monoisotopic (exact) mass is 236 g/mol. The lowest BCUT2D eigenvalue weighted by Gasteiger charge is -2.08. The third kappa shape index (κ3) is 3.32. The number of phenolic OH excluding ortho intramolecular Hbond substituents is 2. The van der Waals surface area contributed by atoms with E-state index in [4.69, 9.17) is 0 Å². The number of aryl methyl sites for hydroxylation is 1. The molecule has 0 aliphatic carbocycles. The van der Waals surface area contributed by atoms with Crippen molar-refractivity contribution in [3.63, 3.8) is 0 Å². The van der Waals surface area contributed by atoms with Gasteiger partial charge in [0.25, 0.3) is 0 Å². The number of rotatable bonds is 4. The van der Waals surface area contributed by atoms with Crippen molar-refractivity contribution in [3.8, 4) is 11.5 Å². The number of phenols is 2. The molecule has 0 amide bonds. The van der Waals surface area contributed by atoms with Gasteiger partial charge < -0.3 is 15.3 Å². The summed E-state index contributed by atoms with van der Waals surface area (Å²) < 4.78 is 0. The third-order valence-electron chi connectivity index (χ3n) is 2.42. The summed E-state index contributed by atoms with van der Waals surface area (Å²) in [5.41, 5.74) is 0.621. The van der Waals surface area contributed by atoms with Crippen LogP contribution in [0.5, 0.6) is 11.5 Å². The Balaban J connectivity index is 2.93. The van der Waals surface area contributed by atoms with Crippen LogP contribution in [0.4, 0.5) is 0 Å². The zero-order valence-electron chi connectivity index (χ0n) is 9.84. The number of carbonyl (C=O) groups is 1. The summed E-state index contributed by atoms with van der Waals surface area (Å²) in [6.07, 6.45) is 2.20. The Hall–Kier alpha value is -1.81. The highest BCUT2D eigenvalue weighted by atomic mass is 16.3. The molecule has 92 valence electrons. The maximum atomic E-state index is 11.8. The predicted octanol–water partition coefficient (Wildman–Crippen LogP) is 1.92. The summed E-state index contributed by atoms with van der Waals surface area (Å²) in [5.74, 6) is -0.699. The first-order valence-electron chi connectivity index (χ1n) is 5.32. The van der Waals surface area contributed by atoms with E-state index in [0.29, 0.717) is 5.56 Å². The van der Waals surface area contributed by atoms with Gasteiger partial charge in [-0.15, -0.1) is 0 Å². The Morgan fingerprint density at radius 1 is 1.35 bits per heavy atom. The van der Waals surface area contributed by atoms with Crippen LogP contribution in [-0.4, -0.2) is 27.2 Å². The molecule has 1 aromatic rings. The van der Waals surface area contributed by atoms with Gasteiger partial charge in [0, 0.05) is 12.5 Å². The number of aliphatic hydroxyl groups is 1. The maximum Gasteiger partial charge on any atom is 0.169 e. The van der Waals surface area contributed by atoms with Crippen LogP contribution >= 0.6 is 0 Å². The average molecular weight is 236 g/mol. The van der Waals surface area contributed by atoms with Crippen LogP contribution in [-0.2, 0) is 0 Å². The topological polar surface area (TPSA) is 77.8 Å². The standard InChI is InChI=1S/C13H16O4/c1-3-4-9(14)6-12(16)10-5-8(2)11(15)7-13(10)17/h3-5,7,9,14-15,17H,6H2,1-2H3/b4-3+. The first-order chi connectivity index (χ1) is 7.95. The lowest BCUT2D eigenvalue weighted by molar-refractivity contribution is 0.0920. The van der Waals surface area contributed by atoms with Crippen LogP contribution in [0, 0.1) is 6.92 Å². The number of aromatic hydroxyl groups is 2. The fraction of sp³-hybridized carbons (Fsp3) is 0.308. The minimum Gasteiger partial charge on any atom is -0.508 e. The van der Waals surface area contributed by atoms with E-state index in [1.165, 1.54) is 12.1 Å². The van der Waals surface area contributed by atoms with Crippen LogP contribution in [0.25, 0.3) is 0 Å². The molecule has 0 aliphatic rings. The van der Waals surface area contributed by atoms with Gasteiger partial charge >= 0.3 is 0 Å². The molecule has 4 nitrogen and oxygen atoms in total. The van der Waals surface area contributed by atoms with Gasteiger partial charge in [0.15, 0.2) is 5.78 Å². The molecule has 0 radical (unpaired) electrons. The molecule has 0 saturated heterocycles. The van der Waals surface area contributed by atoms with Crippen molar-refractivity contribution >= 4 is 5.78 Å². The number of carbonyl (C=O) groups excluding carboxylic acids is 1. The number of Topliss-reactive ketones (excluding diaryl/α,β-unsaturated/α-hetero) is 1. The largest absolute Gasteiger partial charge is 0.508 e. The lowest BCUT2D eigenvalue weighted by atomic mass is 10.0. The molecule has 0 aromatic heterocycles. The summed E-state index contributed by atoms with van der Waals surface area (Å²) in [6, 6.07) is 2.54. The van der Waals surface area contributed by atoms with Crippen LogP contribution in [0.15, 0.2) is 24.3 Å². The Morgan fingerprint density at radius 3 is 2.59 bits per heavy atom. The van der Waals surface area contributed by atoms with Crippen molar-refractivity contribution in [2.75, 3.05) is 0 Å². The van der Waals surface area contributed by atoms with Gasteiger partial charge in [-0.25, -0.2) is 0 Å². The van der Waals surface area contributed by atoms with Gasteiger partial charge in [0.05, 0.1) is 11.7 Å². The summed E-state index contributed by atoms with van der Waals surface area (Å²) in [6.45, 7) is 3.38. The SMILES string of the molecule is C/C=C/C(O)CC(=O)c1cc(C)c(O)cc1O. The average Bonchev–Trinajstić information content (AvgIpc) is 2.23. The highest BCUT2D eigenvalue weighted by molar-refractivity contribution is 5.99. The Bertz CT molecular complexity index is 449. The van der Waals surface area contributed by atoms with Crippen LogP contribution in [0.1, 0.15) is 29.3 Å². The maximum absolute atomic E-state index is 11.8. The van der Waals surface area contributed by atoms with E-state index in [2.05, 4.69) is 0 Å². The van der Waals surface area contributed by atoms with Crippen molar-refractivity contribution in [1.29, 1.82) is 0 Å². The van der Waals surface area contributed by atoms with Crippen LogP contribution in [0.3, 0.4) is 0 Å². The smallest absolute Gasteiger partial charge is 0.169 e. The van der Waals surface area contributed by atoms with Crippen LogP contribution < -0.4 is 0 Å². The van der Waals surface area contributed by atoms with Crippen molar-refractivity contribution < 1.29 is 20.1 Å². The summed E-state index contributed by atoms with van der Waals surface area (Å²) >= 11 is 0. The number of hydrogen-bond donors (Lipinski definition) is 3. The van der Waals surface area contributed by atoms with E-state index in [9.17, 15) is 20.1 Å². The molecule has 1 unspecified atom stereocenters. The number of allylic oxidation sites excluding steroid dienone is 1. The molecule has 1 rings (SSSR count). The summed E-state index contributed by atoms with van der Waals surface area (Å²) in [4.78, 5) is 11.8. The molecular formula is C13H16O4. The van der Waals surface area contributed by atoms with E-state index >= 15 is 0 Å². The van der Waals surface area contributed by atoms with Gasteiger partial charge in [0.1, 0.15) is 11.5 Å². The number of ketones is 1. The van der Waals surface area contributed by atoms with E-state index in [1.54, 1.807) is 19.9 Å². The van der Waals surface area contributed by atoms with Crippen LogP contribution in [0.2, 0.25) is 0 Å². The highest BCUT2D eigenvalue weighted by Crippen LogP contribution is 2.27. The van der Waals surface area contributed by atoms with E-state index < -0.39 is 6.10 Å². The molecule has 1 atom stereocenters. The van der Waals surface area contributed by atoms with Crippen molar-refractivity contribution in [2.24, 2.45) is 0 Å². The predicted molar refractivity (Wildman–Crippen MR) is 64.3 cm³/mol. The fourth-order valence-corrected chi connectivity index (χ4v) is 1.50. The second-order valence-corrected chi connectivity index (χ2v) is 3.88. The molecule has 3 N–H and O–H groups in total. The van der Waals surface area contributed by atoms with Gasteiger partial charge in [-0.1, -0.05) is 12.2 Å². The first-order valence-corrected chi connectivity index (χ1v) is 5.32. The zero-order chi connectivity index (χ0) is 13.0. The molecule has 1 aromatic carbocycles. The third-order valence-corrected chi connectivity index (χ3v) is 2.42. The summed E-state index contributed by atoms with van der Waals surface area (Å²) in [5, 5.41) is 28.3. The molecule has 0 aliphatic heterocycles. The minimum atomic E-state index is -0.860. The van der Waals surface area contributed by atoms with Crippen molar-refractivity contribution in [1.82, 2.24) is 0 Å². The van der Waals surface area contributed by atoms with Gasteiger partial charge in [-0.05, 0) is 25.5 Å². The molecule has 4 heteroatoms. The highest BCUT2D eigenvalue weighted by Gasteiger charge is 2.16. The van der Waals surface area contributed by atoms with E-state index in [0.717, 1.165) is 6.07 Å². The molecule has 0 bridgehead atoms.